The van der Waals surface area contributed by atoms with Gasteiger partial charge in [0.25, 0.3) is 5.91 Å². The standard InChI is InChI=1S/C16H21Cl2N3O3/c1-10(24-14-3-2-11(17)8-13(14)18)16(23)20-12-4-6-21(7-5-12)9-15(19)22/h2-3,8,10,12H,4-7,9H2,1H3,(H2,19,22)(H,20,23). The summed E-state index contributed by atoms with van der Waals surface area (Å²) in [7, 11) is 0. The van der Waals surface area contributed by atoms with Gasteiger partial charge in [-0.3, -0.25) is 14.5 Å². The van der Waals surface area contributed by atoms with Crippen LogP contribution in [0.4, 0.5) is 0 Å². The summed E-state index contributed by atoms with van der Waals surface area (Å²) in [6, 6.07) is 4.92. The monoisotopic (exact) mass is 373 g/mol. The fourth-order valence-electron chi connectivity index (χ4n) is 2.59. The van der Waals surface area contributed by atoms with Crippen LogP contribution in [0.25, 0.3) is 0 Å². The number of hydrogen-bond acceptors (Lipinski definition) is 4. The van der Waals surface area contributed by atoms with Crippen LogP contribution in [0.2, 0.25) is 10.0 Å². The Morgan fingerprint density at radius 2 is 2.04 bits per heavy atom. The second kappa shape index (κ2) is 8.55. The van der Waals surface area contributed by atoms with Gasteiger partial charge in [0.05, 0.1) is 11.6 Å². The van der Waals surface area contributed by atoms with E-state index in [1.165, 1.54) is 0 Å². The summed E-state index contributed by atoms with van der Waals surface area (Å²) in [6.45, 7) is 3.38. The van der Waals surface area contributed by atoms with Crippen LogP contribution in [0.1, 0.15) is 19.8 Å². The smallest absolute Gasteiger partial charge is 0.260 e. The molecule has 3 N–H and O–H groups in total. The molecule has 1 heterocycles. The van der Waals surface area contributed by atoms with Crippen molar-refractivity contribution in [2.45, 2.75) is 31.9 Å². The minimum Gasteiger partial charge on any atom is -0.479 e. The van der Waals surface area contributed by atoms with Crippen molar-refractivity contribution in [3.05, 3.63) is 28.2 Å². The van der Waals surface area contributed by atoms with E-state index in [-0.39, 0.29) is 24.4 Å². The molecule has 24 heavy (non-hydrogen) atoms. The molecule has 1 unspecified atom stereocenters. The highest BCUT2D eigenvalue weighted by Crippen LogP contribution is 2.28. The minimum absolute atomic E-state index is 0.0633. The quantitative estimate of drug-likeness (QED) is 0.796. The molecular formula is C16H21Cl2N3O3. The van der Waals surface area contributed by atoms with Gasteiger partial charge in [-0.1, -0.05) is 23.2 Å². The van der Waals surface area contributed by atoms with E-state index in [1.807, 2.05) is 4.90 Å². The molecular weight excluding hydrogens is 353 g/mol. The third-order valence-corrected chi connectivity index (χ3v) is 4.41. The first-order valence-electron chi connectivity index (χ1n) is 7.78. The maximum atomic E-state index is 12.3. The molecule has 0 spiro atoms. The fraction of sp³-hybridized carbons (Fsp3) is 0.500. The number of carbonyl (C=O) groups is 2. The van der Waals surface area contributed by atoms with E-state index in [0.29, 0.717) is 15.8 Å². The molecule has 1 atom stereocenters. The molecule has 1 aromatic carbocycles. The Morgan fingerprint density at radius 3 is 2.62 bits per heavy atom. The van der Waals surface area contributed by atoms with E-state index in [1.54, 1.807) is 25.1 Å². The van der Waals surface area contributed by atoms with Gasteiger partial charge in [-0.25, -0.2) is 0 Å². The van der Waals surface area contributed by atoms with Gasteiger partial charge in [-0.2, -0.15) is 0 Å². The van der Waals surface area contributed by atoms with Gasteiger partial charge >= 0.3 is 0 Å². The maximum absolute atomic E-state index is 12.3. The second-order valence-electron chi connectivity index (χ2n) is 5.86. The Labute approximate surface area is 151 Å². The van der Waals surface area contributed by atoms with Crippen LogP contribution in [0.3, 0.4) is 0 Å². The normalized spacial score (nSPS) is 17.3. The predicted octanol–water partition coefficient (Wildman–Crippen LogP) is 1.83. The van der Waals surface area contributed by atoms with Gasteiger partial charge in [-0.15, -0.1) is 0 Å². The van der Waals surface area contributed by atoms with Gasteiger partial charge in [0, 0.05) is 24.2 Å². The number of ether oxygens (including phenoxy) is 1. The molecule has 0 saturated carbocycles. The topological polar surface area (TPSA) is 84.7 Å². The molecule has 0 radical (unpaired) electrons. The van der Waals surface area contributed by atoms with Gasteiger partial charge in [0.1, 0.15) is 5.75 Å². The van der Waals surface area contributed by atoms with Gasteiger partial charge in [0.15, 0.2) is 6.10 Å². The van der Waals surface area contributed by atoms with E-state index in [4.69, 9.17) is 33.7 Å². The van der Waals surface area contributed by atoms with Crippen molar-refractivity contribution in [1.29, 1.82) is 0 Å². The zero-order valence-corrected chi connectivity index (χ0v) is 14.9. The zero-order chi connectivity index (χ0) is 17.7. The van der Waals surface area contributed by atoms with Crippen molar-refractivity contribution < 1.29 is 14.3 Å². The predicted molar refractivity (Wildman–Crippen MR) is 93.4 cm³/mol. The van der Waals surface area contributed by atoms with Crippen molar-refractivity contribution in [2.24, 2.45) is 5.73 Å². The summed E-state index contributed by atoms with van der Waals surface area (Å²) in [5.41, 5.74) is 5.19. The number of amides is 2. The molecule has 0 aromatic heterocycles. The highest BCUT2D eigenvalue weighted by atomic mass is 35.5. The fourth-order valence-corrected chi connectivity index (χ4v) is 3.04. The summed E-state index contributed by atoms with van der Waals surface area (Å²) in [6.07, 6.45) is 0.869. The third-order valence-electron chi connectivity index (χ3n) is 3.88. The highest BCUT2D eigenvalue weighted by molar-refractivity contribution is 6.35. The largest absolute Gasteiger partial charge is 0.479 e. The van der Waals surface area contributed by atoms with Crippen LogP contribution in [-0.2, 0) is 9.59 Å². The third kappa shape index (κ3) is 5.54. The van der Waals surface area contributed by atoms with Crippen molar-refractivity contribution in [1.82, 2.24) is 10.2 Å². The van der Waals surface area contributed by atoms with Gasteiger partial charge in [-0.05, 0) is 38.0 Å². The molecule has 132 valence electrons. The van der Waals surface area contributed by atoms with Crippen LogP contribution in [-0.4, -0.2) is 48.5 Å². The Hall–Kier alpha value is -1.50. The van der Waals surface area contributed by atoms with Crippen molar-refractivity contribution in [3.8, 4) is 5.75 Å². The Bertz CT molecular complexity index is 604. The lowest BCUT2D eigenvalue weighted by atomic mass is 10.0. The number of nitrogens with two attached hydrogens (primary N) is 1. The number of nitrogens with zero attached hydrogens (tertiary/aromatic N) is 1. The van der Waals surface area contributed by atoms with E-state index >= 15 is 0 Å². The molecule has 2 rings (SSSR count). The van der Waals surface area contributed by atoms with E-state index < -0.39 is 6.10 Å². The van der Waals surface area contributed by atoms with Crippen molar-refractivity contribution in [2.75, 3.05) is 19.6 Å². The average molecular weight is 374 g/mol. The van der Waals surface area contributed by atoms with Crippen molar-refractivity contribution >= 4 is 35.0 Å². The minimum atomic E-state index is -0.674. The van der Waals surface area contributed by atoms with Crippen LogP contribution in [0.15, 0.2) is 18.2 Å². The molecule has 6 nitrogen and oxygen atoms in total. The Morgan fingerprint density at radius 1 is 1.38 bits per heavy atom. The summed E-state index contributed by atoms with van der Waals surface area (Å²) >= 11 is 11.9. The number of rotatable bonds is 6. The molecule has 1 aliphatic rings. The van der Waals surface area contributed by atoms with Crippen molar-refractivity contribution in [3.63, 3.8) is 0 Å². The maximum Gasteiger partial charge on any atom is 0.260 e. The number of benzene rings is 1. The molecule has 1 aliphatic heterocycles. The lowest BCUT2D eigenvalue weighted by molar-refractivity contribution is -0.128. The number of likely N-dealkylation sites (tertiary alicyclic amines) is 1. The number of carbonyl (C=O) groups excluding carboxylic acids is 2. The van der Waals surface area contributed by atoms with Crippen LogP contribution in [0.5, 0.6) is 5.75 Å². The van der Waals surface area contributed by atoms with Gasteiger partial charge < -0.3 is 15.8 Å². The first kappa shape index (κ1) is 18.8. The van der Waals surface area contributed by atoms with E-state index in [0.717, 1.165) is 25.9 Å². The summed E-state index contributed by atoms with van der Waals surface area (Å²) < 4.78 is 5.60. The first-order valence-corrected chi connectivity index (χ1v) is 8.53. The molecule has 1 aromatic rings. The average Bonchev–Trinajstić information content (AvgIpc) is 2.51. The SMILES string of the molecule is CC(Oc1ccc(Cl)cc1Cl)C(=O)NC1CCN(CC(N)=O)CC1. The zero-order valence-electron chi connectivity index (χ0n) is 13.4. The second-order valence-corrected chi connectivity index (χ2v) is 6.70. The molecule has 8 heteroatoms. The number of hydrogen-bond donors (Lipinski definition) is 2. The summed E-state index contributed by atoms with van der Waals surface area (Å²) in [4.78, 5) is 25.2. The van der Waals surface area contributed by atoms with E-state index in [2.05, 4.69) is 5.32 Å². The first-order chi connectivity index (χ1) is 11.3. The van der Waals surface area contributed by atoms with Gasteiger partial charge in [0.2, 0.25) is 5.91 Å². The number of piperidine rings is 1. The summed E-state index contributed by atoms with van der Waals surface area (Å²) in [5.74, 6) is -0.117. The number of halogens is 2. The lowest BCUT2D eigenvalue weighted by Gasteiger charge is -2.32. The Kier molecular flexibility index (Phi) is 6.71. The molecule has 1 saturated heterocycles. The van der Waals surface area contributed by atoms with Crippen LogP contribution < -0.4 is 15.8 Å². The molecule has 1 fully saturated rings. The highest BCUT2D eigenvalue weighted by Gasteiger charge is 2.24. The molecule has 0 bridgehead atoms. The molecule has 0 aliphatic carbocycles. The lowest BCUT2D eigenvalue weighted by Crippen LogP contribution is -2.49. The Balaban J connectivity index is 1.81. The van der Waals surface area contributed by atoms with Crippen LogP contribution >= 0.6 is 23.2 Å². The summed E-state index contributed by atoms with van der Waals surface area (Å²) in [5, 5.41) is 3.84. The molecule has 2 amide bonds. The van der Waals surface area contributed by atoms with Crippen LogP contribution in [0, 0.1) is 0 Å². The van der Waals surface area contributed by atoms with E-state index in [9.17, 15) is 9.59 Å². The number of primary amides is 1. The number of nitrogens with one attached hydrogen (secondary N) is 1.